The molecule has 9 heavy (non-hydrogen) atoms. The van der Waals surface area contributed by atoms with Crippen molar-refractivity contribution in [3.63, 3.8) is 0 Å². The standard InChI is InChI=1S/C6H9ClO2/c7-3-4-9-6(8)5-1-2-5/h5H,1-4H2. The van der Waals surface area contributed by atoms with Crippen LogP contribution >= 0.6 is 11.6 Å². The molecule has 0 amide bonds. The van der Waals surface area contributed by atoms with E-state index in [2.05, 4.69) is 0 Å². The van der Waals surface area contributed by atoms with Gasteiger partial charge in [0.05, 0.1) is 11.8 Å². The van der Waals surface area contributed by atoms with Crippen LogP contribution in [0.3, 0.4) is 0 Å². The van der Waals surface area contributed by atoms with Crippen molar-refractivity contribution in [2.24, 2.45) is 5.92 Å². The molecule has 0 unspecified atom stereocenters. The number of esters is 1. The first-order chi connectivity index (χ1) is 4.34. The van der Waals surface area contributed by atoms with Gasteiger partial charge < -0.3 is 4.74 Å². The van der Waals surface area contributed by atoms with Gasteiger partial charge in [0.15, 0.2) is 0 Å². The van der Waals surface area contributed by atoms with Crippen molar-refractivity contribution in [2.75, 3.05) is 12.5 Å². The van der Waals surface area contributed by atoms with Crippen LogP contribution < -0.4 is 0 Å². The molecule has 1 aliphatic carbocycles. The van der Waals surface area contributed by atoms with Gasteiger partial charge in [-0.05, 0) is 12.8 Å². The fourth-order valence-electron chi connectivity index (χ4n) is 0.576. The van der Waals surface area contributed by atoms with Crippen molar-refractivity contribution in [2.45, 2.75) is 12.8 Å². The predicted molar refractivity (Wildman–Crippen MR) is 34.4 cm³/mol. The van der Waals surface area contributed by atoms with Crippen molar-refractivity contribution >= 4 is 17.6 Å². The summed E-state index contributed by atoms with van der Waals surface area (Å²) < 4.78 is 4.74. The molecule has 1 aliphatic rings. The van der Waals surface area contributed by atoms with Crippen LogP contribution in [0.4, 0.5) is 0 Å². The number of ether oxygens (including phenoxy) is 1. The van der Waals surface area contributed by atoms with Gasteiger partial charge in [-0.25, -0.2) is 0 Å². The Morgan fingerprint density at radius 3 is 2.78 bits per heavy atom. The number of alkyl halides is 1. The van der Waals surface area contributed by atoms with E-state index in [9.17, 15) is 4.79 Å². The second kappa shape index (κ2) is 3.06. The molecule has 0 aliphatic heterocycles. The number of hydrogen-bond donors (Lipinski definition) is 0. The lowest BCUT2D eigenvalue weighted by Crippen LogP contribution is -2.07. The summed E-state index contributed by atoms with van der Waals surface area (Å²) >= 11 is 5.29. The van der Waals surface area contributed by atoms with E-state index in [1.807, 2.05) is 0 Å². The first-order valence-electron chi connectivity index (χ1n) is 3.07. The molecule has 1 saturated carbocycles. The molecule has 0 aromatic rings. The summed E-state index contributed by atoms with van der Waals surface area (Å²) in [7, 11) is 0. The van der Waals surface area contributed by atoms with Gasteiger partial charge in [0.1, 0.15) is 6.61 Å². The quantitative estimate of drug-likeness (QED) is 0.444. The van der Waals surface area contributed by atoms with Crippen LogP contribution in [0.2, 0.25) is 0 Å². The third kappa shape index (κ3) is 2.22. The summed E-state index contributed by atoms with van der Waals surface area (Å²) in [5, 5.41) is 0. The second-order valence-electron chi connectivity index (χ2n) is 2.13. The Hall–Kier alpha value is -0.240. The summed E-state index contributed by atoms with van der Waals surface area (Å²) in [6, 6.07) is 0. The van der Waals surface area contributed by atoms with E-state index < -0.39 is 0 Å². The van der Waals surface area contributed by atoms with Gasteiger partial charge in [-0.1, -0.05) is 0 Å². The van der Waals surface area contributed by atoms with Crippen LogP contribution in [0.1, 0.15) is 12.8 Å². The Labute approximate surface area is 59.1 Å². The van der Waals surface area contributed by atoms with Gasteiger partial charge in [0.2, 0.25) is 0 Å². The fraction of sp³-hybridized carbons (Fsp3) is 0.833. The molecule has 0 N–H and O–H groups in total. The Balaban J connectivity index is 2.03. The van der Waals surface area contributed by atoms with E-state index in [-0.39, 0.29) is 11.9 Å². The van der Waals surface area contributed by atoms with Gasteiger partial charge in [-0.3, -0.25) is 4.79 Å². The molecule has 0 bridgehead atoms. The molecule has 0 aromatic carbocycles. The maximum atomic E-state index is 10.7. The minimum Gasteiger partial charge on any atom is -0.464 e. The zero-order valence-electron chi connectivity index (χ0n) is 5.10. The molecule has 2 nitrogen and oxygen atoms in total. The third-order valence-electron chi connectivity index (χ3n) is 1.23. The minimum absolute atomic E-state index is 0.0735. The topological polar surface area (TPSA) is 26.3 Å². The molecule has 1 rings (SSSR count). The van der Waals surface area contributed by atoms with Crippen LogP contribution in [0.5, 0.6) is 0 Å². The minimum atomic E-state index is -0.0735. The maximum absolute atomic E-state index is 10.7. The highest BCUT2D eigenvalue weighted by Crippen LogP contribution is 2.29. The van der Waals surface area contributed by atoms with E-state index in [0.717, 1.165) is 12.8 Å². The van der Waals surface area contributed by atoms with Crippen LogP contribution in [0.25, 0.3) is 0 Å². The Morgan fingerprint density at radius 1 is 1.67 bits per heavy atom. The highest BCUT2D eigenvalue weighted by molar-refractivity contribution is 6.18. The Bertz CT molecular complexity index is 110. The van der Waals surface area contributed by atoms with Gasteiger partial charge >= 0.3 is 5.97 Å². The monoisotopic (exact) mass is 148 g/mol. The lowest BCUT2D eigenvalue weighted by molar-refractivity contribution is -0.144. The van der Waals surface area contributed by atoms with Gasteiger partial charge in [-0.2, -0.15) is 0 Å². The third-order valence-corrected chi connectivity index (χ3v) is 1.39. The number of rotatable bonds is 3. The summed E-state index contributed by atoms with van der Waals surface area (Å²) in [6.07, 6.45) is 2.00. The van der Waals surface area contributed by atoms with Crippen LogP contribution in [-0.2, 0) is 9.53 Å². The zero-order chi connectivity index (χ0) is 6.69. The van der Waals surface area contributed by atoms with Crippen molar-refractivity contribution in [1.29, 1.82) is 0 Å². The molecule has 3 heteroatoms. The van der Waals surface area contributed by atoms with Gasteiger partial charge in [0.25, 0.3) is 0 Å². The second-order valence-corrected chi connectivity index (χ2v) is 2.51. The van der Waals surface area contributed by atoms with Gasteiger partial charge in [0, 0.05) is 0 Å². The Kier molecular flexibility index (Phi) is 2.34. The average Bonchev–Trinajstić information content (AvgIpc) is 2.63. The van der Waals surface area contributed by atoms with E-state index in [4.69, 9.17) is 16.3 Å². The summed E-state index contributed by atoms with van der Waals surface area (Å²) in [4.78, 5) is 10.7. The van der Waals surface area contributed by atoms with Crippen molar-refractivity contribution in [3.05, 3.63) is 0 Å². The summed E-state index contributed by atoms with van der Waals surface area (Å²) in [5.74, 6) is 0.530. The molecule has 0 spiro atoms. The lowest BCUT2D eigenvalue weighted by atomic mass is 10.4. The average molecular weight is 149 g/mol. The molecule has 52 valence electrons. The molecule has 0 saturated heterocycles. The fourth-order valence-corrected chi connectivity index (χ4v) is 0.653. The zero-order valence-corrected chi connectivity index (χ0v) is 5.86. The summed E-state index contributed by atoms with van der Waals surface area (Å²) in [6.45, 7) is 0.358. The molecule has 0 heterocycles. The van der Waals surface area contributed by atoms with E-state index in [1.165, 1.54) is 0 Å². The molecule has 0 radical (unpaired) electrons. The SMILES string of the molecule is O=C(OCCCl)C1CC1. The van der Waals surface area contributed by atoms with Crippen LogP contribution in [0, 0.1) is 5.92 Å². The first-order valence-corrected chi connectivity index (χ1v) is 3.60. The Morgan fingerprint density at radius 2 is 2.33 bits per heavy atom. The highest BCUT2D eigenvalue weighted by atomic mass is 35.5. The number of halogens is 1. The molecule has 0 aromatic heterocycles. The normalized spacial score (nSPS) is 17.4. The summed E-state index contributed by atoms with van der Waals surface area (Å²) in [5.41, 5.74) is 0. The predicted octanol–water partition coefficient (Wildman–Crippen LogP) is 1.18. The van der Waals surface area contributed by atoms with Crippen LogP contribution in [-0.4, -0.2) is 18.5 Å². The molecule has 0 atom stereocenters. The van der Waals surface area contributed by atoms with Gasteiger partial charge in [-0.15, -0.1) is 11.6 Å². The molecule has 1 fully saturated rings. The number of hydrogen-bond acceptors (Lipinski definition) is 2. The first kappa shape index (κ1) is 6.87. The maximum Gasteiger partial charge on any atom is 0.308 e. The van der Waals surface area contributed by atoms with Crippen LogP contribution in [0.15, 0.2) is 0 Å². The molecular formula is C6H9ClO2. The van der Waals surface area contributed by atoms with E-state index in [1.54, 1.807) is 0 Å². The largest absolute Gasteiger partial charge is 0.464 e. The van der Waals surface area contributed by atoms with Crippen molar-refractivity contribution in [1.82, 2.24) is 0 Å². The van der Waals surface area contributed by atoms with E-state index in [0.29, 0.717) is 12.5 Å². The van der Waals surface area contributed by atoms with Crippen molar-refractivity contribution < 1.29 is 9.53 Å². The molecular weight excluding hydrogens is 140 g/mol. The smallest absolute Gasteiger partial charge is 0.308 e. The lowest BCUT2D eigenvalue weighted by Gasteiger charge is -1.97. The highest BCUT2D eigenvalue weighted by Gasteiger charge is 2.30. The van der Waals surface area contributed by atoms with E-state index >= 15 is 0 Å². The van der Waals surface area contributed by atoms with Crippen molar-refractivity contribution in [3.8, 4) is 0 Å². The number of carbonyl (C=O) groups is 1. The number of carbonyl (C=O) groups excluding carboxylic acids is 1.